The number of unbranched alkanes of at least 4 members (excludes halogenated alkanes) is 1. The van der Waals surface area contributed by atoms with Crippen molar-refractivity contribution in [1.29, 1.82) is 0 Å². The topological polar surface area (TPSA) is 70.7 Å². The summed E-state index contributed by atoms with van der Waals surface area (Å²) in [5.74, 6) is 1.37. The Bertz CT molecular complexity index is 1290. The van der Waals surface area contributed by atoms with E-state index in [0.29, 0.717) is 17.7 Å². The molecule has 0 aliphatic carbocycles. The van der Waals surface area contributed by atoms with Gasteiger partial charge in [0.25, 0.3) is 5.91 Å². The predicted molar refractivity (Wildman–Crippen MR) is 175 cm³/mol. The fraction of sp³-hybridized carbons (Fsp3) is 0.459. The third kappa shape index (κ3) is 9.96. The average molecular weight is 584 g/mol. The molecule has 0 bridgehead atoms. The summed E-state index contributed by atoms with van der Waals surface area (Å²) >= 11 is 0. The third-order valence-electron chi connectivity index (χ3n) is 8.49. The van der Waals surface area contributed by atoms with Crippen LogP contribution < -0.4 is 15.4 Å². The second kappa shape index (κ2) is 16.9. The highest BCUT2D eigenvalue weighted by Crippen LogP contribution is 2.26. The Kier molecular flexibility index (Phi) is 12.7. The van der Waals surface area contributed by atoms with E-state index in [1.807, 2.05) is 55.5 Å². The zero-order valence-electron chi connectivity index (χ0n) is 26.3. The minimum atomic E-state index is -0.0859. The molecule has 0 atom stereocenters. The molecule has 0 unspecified atom stereocenters. The van der Waals surface area contributed by atoms with Gasteiger partial charge in [0.2, 0.25) is 5.91 Å². The number of aryl methyl sites for hydroxylation is 3. The second-order valence-electron chi connectivity index (χ2n) is 11.7. The Labute approximate surface area is 258 Å². The molecule has 0 radical (unpaired) electrons. The van der Waals surface area contributed by atoms with Gasteiger partial charge in [-0.1, -0.05) is 61.9 Å². The van der Waals surface area contributed by atoms with E-state index < -0.39 is 0 Å². The number of carbonyl (C=O) groups is 2. The largest absolute Gasteiger partial charge is 0.457 e. The smallest absolute Gasteiger partial charge is 0.255 e. The number of rotatable bonds is 15. The van der Waals surface area contributed by atoms with Crippen molar-refractivity contribution in [1.82, 2.24) is 15.5 Å². The molecule has 0 aromatic heterocycles. The maximum absolute atomic E-state index is 13.1. The molecule has 3 aromatic carbocycles. The summed E-state index contributed by atoms with van der Waals surface area (Å²) in [7, 11) is 0. The highest BCUT2D eigenvalue weighted by Gasteiger charge is 2.22. The maximum atomic E-state index is 13.1. The van der Waals surface area contributed by atoms with Crippen LogP contribution >= 0.6 is 0 Å². The van der Waals surface area contributed by atoms with Crippen molar-refractivity contribution in [3.63, 3.8) is 0 Å². The standard InChI is InChI=1S/C37H49N3O3/c1-4-29-12-10-13-30(5-2)33(29)15-11-17-36(41)38-24-8-9-25-40-26-22-31(23-27-40)39-37(42)34-14-6-7-16-35(34)43-32-20-18-28(3)19-21-32/h6-7,10,12-14,16,18-21,31H,4-5,8-9,11,15,17,22-27H2,1-3H3,(H,38,41)(H,39,42). The number of ether oxygens (including phenoxy) is 1. The van der Waals surface area contributed by atoms with Crippen molar-refractivity contribution in [2.75, 3.05) is 26.2 Å². The van der Waals surface area contributed by atoms with Crippen LogP contribution in [0, 0.1) is 6.92 Å². The molecule has 43 heavy (non-hydrogen) atoms. The van der Waals surface area contributed by atoms with Crippen molar-refractivity contribution >= 4 is 11.8 Å². The van der Waals surface area contributed by atoms with E-state index in [0.717, 1.165) is 88.9 Å². The normalized spacial score (nSPS) is 13.9. The molecule has 1 heterocycles. The molecule has 6 nitrogen and oxygen atoms in total. The van der Waals surface area contributed by atoms with Gasteiger partial charge in [-0.05, 0) is 106 Å². The minimum Gasteiger partial charge on any atom is -0.457 e. The molecule has 230 valence electrons. The molecule has 1 aliphatic rings. The Morgan fingerprint density at radius 3 is 2.26 bits per heavy atom. The molecule has 4 rings (SSSR count). The quantitative estimate of drug-likeness (QED) is 0.189. The lowest BCUT2D eigenvalue weighted by molar-refractivity contribution is -0.121. The van der Waals surface area contributed by atoms with Gasteiger partial charge in [-0.3, -0.25) is 9.59 Å². The Morgan fingerprint density at radius 1 is 0.860 bits per heavy atom. The minimum absolute atomic E-state index is 0.0859. The number of nitrogens with one attached hydrogen (secondary N) is 2. The number of piperidine rings is 1. The number of para-hydroxylation sites is 1. The number of nitrogens with zero attached hydrogens (tertiary/aromatic N) is 1. The summed E-state index contributed by atoms with van der Waals surface area (Å²) in [4.78, 5) is 28.0. The zero-order chi connectivity index (χ0) is 30.4. The summed E-state index contributed by atoms with van der Waals surface area (Å²) in [5.41, 5.74) is 6.00. The zero-order valence-corrected chi connectivity index (χ0v) is 26.3. The Hall–Kier alpha value is -3.64. The lowest BCUT2D eigenvalue weighted by Crippen LogP contribution is -2.45. The molecular formula is C37H49N3O3. The molecule has 1 aliphatic heterocycles. The number of carbonyl (C=O) groups excluding carboxylic acids is 2. The molecule has 0 spiro atoms. The van der Waals surface area contributed by atoms with Crippen LogP contribution in [0.5, 0.6) is 11.5 Å². The number of hydrogen-bond acceptors (Lipinski definition) is 4. The van der Waals surface area contributed by atoms with Crippen LogP contribution in [-0.2, 0) is 24.1 Å². The Balaban J connectivity index is 1.09. The van der Waals surface area contributed by atoms with E-state index in [2.05, 4.69) is 47.6 Å². The van der Waals surface area contributed by atoms with E-state index in [4.69, 9.17) is 4.74 Å². The van der Waals surface area contributed by atoms with Crippen molar-refractivity contribution < 1.29 is 14.3 Å². The first kappa shape index (κ1) is 32.3. The predicted octanol–water partition coefficient (Wildman–Crippen LogP) is 7.03. The summed E-state index contributed by atoms with van der Waals surface area (Å²) in [6.45, 7) is 10.1. The molecule has 1 fully saturated rings. The first-order valence-corrected chi connectivity index (χ1v) is 16.2. The number of likely N-dealkylation sites (tertiary alicyclic amines) is 1. The first-order valence-electron chi connectivity index (χ1n) is 16.2. The van der Waals surface area contributed by atoms with E-state index in [9.17, 15) is 9.59 Å². The lowest BCUT2D eigenvalue weighted by atomic mass is 9.93. The van der Waals surface area contributed by atoms with E-state index >= 15 is 0 Å². The van der Waals surface area contributed by atoms with Gasteiger partial charge in [0.15, 0.2) is 0 Å². The summed E-state index contributed by atoms with van der Waals surface area (Å²) in [6.07, 6.45) is 8.46. The number of amides is 2. The summed E-state index contributed by atoms with van der Waals surface area (Å²) < 4.78 is 6.03. The first-order chi connectivity index (χ1) is 21.0. The molecule has 1 saturated heterocycles. The van der Waals surface area contributed by atoms with Crippen molar-refractivity contribution in [3.8, 4) is 11.5 Å². The van der Waals surface area contributed by atoms with Gasteiger partial charge in [0.1, 0.15) is 11.5 Å². The average Bonchev–Trinajstić information content (AvgIpc) is 3.03. The molecular weight excluding hydrogens is 534 g/mol. The highest BCUT2D eigenvalue weighted by atomic mass is 16.5. The SMILES string of the molecule is CCc1cccc(CC)c1CCCC(=O)NCCCCN1CCC(NC(=O)c2ccccc2Oc2ccc(C)cc2)CC1. The summed E-state index contributed by atoms with van der Waals surface area (Å²) in [5, 5.41) is 6.34. The van der Waals surface area contributed by atoms with E-state index in [1.165, 1.54) is 16.7 Å². The van der Waals surface area contributed by atoms with E-state index in [1.54, 1.807) is 0 Å². The van der Waals surface area contributed by atoms with Gasteiger partial charge in [0.05, 0.1) is 5.56 Å². The Morgan fingerprint density at radius 2 is 1.56 bits per heavy atom. The van der Waals surface area contributed by atoms with Gasteiger partial charge in [-0.2, -0.15) is 0 Å². The molecule has 2 N–H and O–H groups in total. The monoisotopic (exact) mass is 583 g/mol. The van der Waals surface area contributed by atoms with Crippen LogP contribution in [0.15, 0.2) is 66.7 Å². The van der Waals surface area contributed by atoms with Crippen LogP contribution in [0.25, 0.3) is 0 Å². The van der Waals surface area contributed by atoms with Crippen LogP contribution in [0.4, 0.5) is 0 Å². The maximum Gasteiger partial charge on any atom is 0.255 e. The van der Waals surface area contributed by atoms with Gasteiger partial charge in [-0.25, -0.2) is 0 Å². The highest BCUT2D eigenvalue weighted by molar-refractivity contribution is 5.97. The van der Waals surface area contributed by atoms with Gasteiger partial charge < -0.3 is 20.3 Å². The van der Waals surface area contributed by atoms with Crippen LogP contribution in [0.1, 0.15) is 85.0 Å². The fourth-order valence-corrected chi connectivity index (χ4v) is 5.91. The van der Waals surface area contributed by atoms with Crippen LogP contribution in [-0.4, -0.2) is 48.9 Å². The van der Waals surface area contributed by atoms with E-state index in [-0.39, 0.29) is 17.9 Å². The number of hydrogen-bond donors (Lipinski definition) is 2. The lowest BCUT2D eigenvalue weighted by Gasteiger charge is -2.32. The number of benzene rings is 3. The fourth-order valence-electron chi connectivity index (χ4n) is 5.91. The second-order valence-corrected chi connectivity index (χ2v) is 11.7. The van der Waals surface area contributed by atoms with Gasteiger partial charge in [0, 0.05) is 32.1 Å². The molecule has 3 aromatic rings. The van der Waals surface area contributed by atoms with Gasteiger partial charge in [-0.15, -0.1) is 0 Å². The van der Waals surface area contributed by atoms with Crippen molar-refractivity contribution in [3.05, 3.63) is 94.5 Å². The van der Waals surface area contributed by atoms with Crippen molar-refractivity contribution in [2.24, 2.45) is 0 Å². The molecule has 0 saturated carbocycles. The molecule has 6 heteroatoms. The summed E-state index contributed by atoms with van der Waals surface area (Å²) in [6, 6.07) is 22.0. The molecule has 2 amide bonds. The third-order valence-corrected chi connectivity index (χ3v) is 8.49. The van der Waals surface area contributed by atoms with Crippen molar-refractivity contribution in [2.45, 2.75) is 84.6 Å². The van der Waals surface area contributed by atoms with Crippen LogP contribution in [0.2, 0.25) is 0 Å². The van der Waals surface area contributed by atoms with Crippen LogP contribution in [0.3, 0.4) is 0 Å². The van der Waals surface area contributed by atoms with Gasteiger partial charge >= 0.3 is 0 Å².